The van der Waals surface area contributed by atoms with Gasteiger partial charge in [0, 0.05) is 11.7 Å². The predicted octanol–water partition coefficient (Wildman–Crippen LogP) is 4.15. The molecule has 2 aliphatic rings. The molecule has 0 spiro atoms. The summed E-state index contributed by atoms with van der Waals surface area (Å²) in [4.78, 5) is 15.1. The fourth-order valence-electron chi connectivity index (χ4n) is 4.49. The van der Waals surface area contributed by atoms with Crippen molar-refractivity contribution in [2.45, 2.75) is 64.8 Å². The number of nitrogens with one attached hydrogen (secondary N) is 1. The van der Waals surface area contributed by atoms with Crippen molar-refractivity contribution in [1.29, 1.82) is 0 Å². The van der Waals surface area contributed by atoms with Crippen molar-refractivity contribution in [2.24, 2.45) is 5.92 Å². The van der Waals surface area contributed by atoms with Gasteiger partial charge < -0.3 is 5.32 Å². The van der Waals surface area contributed by atoms with Crippen LogP contribution in [-0.4, -0.2) is 29.9 Å². The van der Waals surface area contributed by atoms with Crippen LogP contribution in [0.2, 0.25) is 0 Å². The Labute approximate surface area is 140 Å². The lowest BCUT2D eigenvalue weighted by atomic mass is 9.78. The van der Waals surface area contributed by atoms with Gasteiger partial charge in [-0.3, -0.25) is 9.69 Å². The third-order valence-electron chi connectivity index (χ3n) is 5.71. The molecule has 1 aromatic carbocycles. The predicted molar refractivity (Wildman–Crippen MR) is 95.7 cm³/mol. The number of para-hydroxylation sites is 1. The van der Waals surface area contributed by atoms with E-state index in [0.717, 1.165) is 30.1 Å². The number of piperidine rings is 1. The van der Waals surface area contributed by atoms with E-state index in [0.29, 0.717) is 12.6 Å². The van der Waals surface area contributed by atoms with Gasteiger partial charge in [-0.2, -0.15) is 0 Å². The highest BCUT2D eigenvalue weighted by Crippen LogP contribution is 2.35. The zero-order valence-electron chi connectivity index (χ0n) is 14.6. The van der Waals surface area contributed by atoms with Gasteiger partial charge in [0.25, 0.3) is 0 Å². The minimum absolute atomic E-state index is 0.153. The maximum Gasteiger partial charge on any atom is 0.238 e. The van der Waals surface area contributed by atoms with E-state index in [1.807, 2.05) is 0 Å². The molecule has 2 atom stereocenters. The topological polar surface area (TPSA) is 32.3 Å². The number of likely N-dealkylation sites (tertiary alicyclic amines) is 1. The molecule has 1 aliphatic heterocycles. The third-order valence-corrected chi connectivity index (χ3v) is 5.71. The normalized spacial score (nSPS) is 25.0. The van der Waals surface area contributed by atoms with Crippen molar-refractivity contribution in [2.75, 3.05) is 18.4 Å². The minimum Gasteiger partial charge on any atom is -0.324 e. The number of carbonyl (C=O) groups excluding carboxylic acids is 1. The van der Waals surface area contributed by atoms with Gasteiger partial charge in [0.1, 0.15) is 0 Å². The first kappa shape index (κ1) is 16.5. The first-order chi connectivity index (χ1) is 11.2. The summed E-state index contributed by atoms with van der Waals surface area (Å²) in [7, 11) is 0. The lowest BCUT2D eigenvalue weighted by Crippen LogP contribution is -2.49. The van der Waals surface area contributed by atoms with Crippen LogP contribution in [0.15, 0.2) is 18.2 Å². The van der Waals surface area contributed by atoms with Gasteiger partial charge in [-0.15, -0.1) is 0 Å². The number of carbonyl (C=O) groups is 1. The van der Waals surface area contributed by atoms with Crippen molar-refractivity contribution in [1.82, 2.24) is 4.90 Å². The molecule has 0 unspecified atom stereocenters. The Morgan fingerprint density at radius 2 is 2.00 bits per heavy atom. The number of fused-ring (bicyclic) bond motifs is 1. The highest BCUT2D eigenvalue weighted by atomic mass is 16.2. The summed E-state index contributed by atoms with van der Waals surface area (Å²) in [5.41, 5.74) is 3.41. The van der Waals surface area contributed by atoms with E-state index < -0.39 is 0 Å². The average Bonchev–Trinajstić information content (AvgIpc) is 2.57. The summed E-state index contributed by atoms with van der Waals surface area (Å²) in [6, 6.07) is 6.90. The summed E-state index contributed by atoms with van der Waals surface area (Å²) in [5, 5.41) is 3.19. The molecule has 1 saturated carbocycles. The number of rotatable bonds is 4. The molecular weight excluding hydrogens is 284 g/mol. The quantitative estimate of drug-likeness (QED) is 0.905. The van der Waals surface area contributed by atoms with Gasteiger partial charge >= 0.3 is 0 Å². The molecule has 2 fully saturated rings. The highest BCUT2D eigenvalue weighted by Gasteiger charge is 2.33. The lowest BCUT2D eigenvalue weighted by molar-refractivity contribution is -0.118. The third kappa shape index (κ3) is 3.77. The van der Waals surface area contributed by atoms with Crippen LogP contribution in [0.3, 0.4) is 0 Å². The molecule has 126 valence electrons. The van der Waals surface area contributed by atoms with Gasteiger partial charge in [0.05, 0.1) is 6.54 Å². The Bertz CT molecular complexity index is 553. The molecule has 1 aromatic rings. The van der Waals surface area contributed by atoms with Gasteiger partial charge in [0.15, 0.2) is 0 Å². The zero-order valence-corrected chi connectivity index (χ0v) is 14.6. The summed E-state index contributed by atoms with van der Waals surface area (Å²) in [5.74, 6) is 0.982. The zero-order chi connectivity index (χ0) is 16.2. The van der Waals surface area contributed by atoms with Crippen LogP contribution in [0.4, 0.5) is 5.69 Å². The van der Waals surface area contributed by atoms with Gasteiger partial charge in [-0.1, -0.05) is 38.0 Å². The molecule has 3 heteroatoms. The smallest absolute Gasteiger partial charge is 0.238 e. The summed E-state index contributed by atoms with van der Waals surface area (Å²) in [6.07, 6.45) is 8.91. The molecule has 0 radical (unpaired) electrons. The number of anilines is 1. The largest absolute Gasteiger partial charge is 0.324 e. The van der Waals surface area contributed by atoms with E-state index in [1.165, 1.54) is 44.1 Å². The maximum absolute atomic E-state index is 12.6. The number of benzene rings is 1. The van der Waals surface area contributed by atoms with Crippen LogP contribution in [-0.2, 0) is 11.2 Å². The van der Waals surface area contributed by atoms with Gasteiger partial charge in [-0.05, 0) is 62.6 Å². The number of nitrogens with zero attached hydrogens (tertiary/aromatic N) is 1. The highest BCUT2D eigenvalue weighted by molar-refractivity contribution is 5.93. The summed E-state index contributed by atoms with van der Waals surface area (Å²) >= 11 is 0. The van der Waals surface area contributed by atoms with Crippen molar-refractivity contribution < 1.29 is 4.79 Å². The van der Waals surface area contributed by atoms with Crippen LogP contribution in [0.25, 0.3) is 0 Å². The fourth-order valence-corrected chi connectivity index (χ4v) is 4.49. The fraction of sp³-hybridized carbons (Fsp3) is 0.650. The lowest BCUT2D eigenvalue weighted by Gasteiger charge is -2.43. The molecular formula is C20H30N2O. The second-order valence-corrected chi connectivity index (χ2v) is 7.24. The monoisotopic (exact) mass is 314 g/mol. The minimum atomic E-state index is 0.153. The Morgan fingerprint density at radius 3 is 2.83 bits per heavy atom. The van der Waals surface area contributed by atoms with Crippen LogP contribution in [0, 0.1) is 12.8 Å². The van der Waals surface area contributed by atoms with Crippen molar-refractivity contribution in [3.05, 3.63) is 29.3 Å². The molecule has 1 heterocycles. The molecule has 0 bridgehead atoms. The van der Waals surface area contributed by atoms with Crippen LogP contribution < -0.4 is 5.32 Å². The molecule has 3 nitrogen and oxygen atoms in total. The van der Waals surface area contributed by atoms with Gasteiger partial charge in [0.2, 0.25) is 5.91 Å². The standard InChI is InChI=1S/C20H30N2O/c1-3-16-10-6-8-15(2)20(16)21-19(23)14-22-13-7-11-17-9-4-5-12-18(17)22/h6,8,10,17-18H,3-5,7,9,11-14H2,1-2H3,(H,21,23)/t17-,18-/m0/s1. The SMILES string of the molecule is CCc1cccc(C)c1NC(=O)CN1CCC[C@@H]2CCCC[C@@H]21. The summed E-state index contributed by atoms with van der Waals surface area (Å²) in [6.45, 7) is 5.86. The molecule has 1 saturated heterocycles. The molecule has 1 N–H and O–H groups in total. The second kappa shape index (κ2) is 7.48. The molecule has 1 amide bonds. The number of hydrogen-bond acceptors (Lipinski definition) is 2. The van der Waals surface area contributed by atoms with Crippen LogP contribution in [0.5, 0.6) is 0 Å². The Balaban J connectivity index is 1.65. The van der Waals surface area contributed by atoms with Gasteiger partial charge in [-0.25, -0.2) is 0 Å². The molecule has 1 aliphatic carbocycles. The Hall–Kier alpha value is -1.35. The number of amides is 1. The van der Waals surface area contributed by atoms with Crippen molar-refractivity contribution in [3.8, 4) is 0 Å². The van der Waals surface area contributed by atoms with E-state index in [-0.39, 0.29) is 5.91 Å². The molecule has 3 rings (SSSR count). The van der Waals surface area contributed by atoms with E-state index in [4.69, 9.17) is 0 Å². The number of hydrogen-bond donors (Lipinski definition) is 1. The van der Waals surface area contributed by atoms with Crippen LogP contribution in [0.1, 0.15) is 56.6 Å². The van der Waals surface area contributed by atoms with E-state index in [2.05, 4.69) is 42.3 Å². The van der Waals surface area contributed by atoms with Crippen molar-refractivity contribution >= 4 is 11.6 Å². The van der Waals surface area contributed by atoms with E-state index in [1.54, 1.807) is 0 Å². The van der Waals surface area contributed by atoms with E-state index in [9.17, 15) is 4.79 Å². The van der Waals surface area contributed by atoms with Crippen LogP contribution >= 0.6 is 0 Å². The van der Waals surface area contributed by atoms with E-state index >= 15 is 0 Å². The molecule has 23 heavy (non-hydrogen) atoms. The first-order valence-corrected chi connectivity index (χ1v) is 9.31. The van der Waals surface area contributed by atoms with Crippen molar-refractivity contribution in [3.63, 3.8) is 0 Å². The second-order valence-electron chi connectivity index (χ2n) is 7.24. The average molecular weight is 314 g/mol. The summed E-state index contributed by atoms with van der Waals surface area (Å²) < 4.78 is 0. The number of aryl methyl sites for hydroxylation is 2. The maximum atomic E-state index is 12.6. The first-order valence-electron chi connectivity index (χ1n) is 9.31. The Morgan fingerprint density at radius 1 is 1.22 bits per heavy atom. The Kier molecular flexibility index (Phi) is 5.37. The molecule has 0 aromatic heterocycles.